The van der Waals surface area contributed by atoms with Gasteiger partial charge in [0.25, 0.3) is 0 Å². The van der Waals surface area contributed by atoms with E-state index in [1.165, 1.54) is 0 Å². The lowest BCUT2D eigenvalue weighted by molar-refractivity contribution is 0.412. The lowest BCUT2D eigenvalue weighted by Crippen LogP contribution is -2.27. The molecular weight excluding hydrogens is 302 g/mol. The number of nitrogens with zero attached hydrogens (tertiary/aromatic N) is 4. The Morgan fingerprint density at radius 1 is 1.36 bits per heavy atom. The lowest BCUT2D eigenvalue weighted by atomic mass is 10.1. The molecule has 0 saturated carbocycles. The van der Waals surface area contributed by atoms with Crippen molar-refractivity contribution in [2.75, 3.05) is 6.54 Å². The average Bonchev–Trinajstić information content (AvgIpc) is 3.13. The highest BCUT2D eigenvalue weighted by Gasteiger charge is 2.20. The number of aromatic nitrogens is 4. The molecule has 7 nitrogen and oxygen atoms in total. The lowest BCUT2D eigenvalue weighted by Gasteiger charge is -2.15. The van der Waals surface area contributed by atoms with Gasteiger partial charge in [-0.1, -0.05) is 6.92 Å². The third-order valence-electron chi connectivity index (χ3n) is 3.65. The summed E-state index contributed by atoms with van der Waals surface area (Å²) in [4.78, 5) is 0.251. The molecule has 0 bridgehead atoms. The van der Waals surface area contributed by atoms with E-state index >= 15 is 0 Å². The summed E-state index contributed by atoms with van der Waals surface area (Å²) in [5.74, 6) is 0. The average molecular weight is 325 g/mol. The largest absolute Gasteiger partial charge is 0.271 e. The van der Waals surface area contributed by atoms with Crippen LogP contribution >= 0.6 is 0 Å². The van der Waals surface area contributed by atoms with Crippen LogP contribution in [-0.2, 0) is 16.6 Å². The molecule has 8 heteroatoms. The fraction of sp³-hybridized carbons (Fsp3) is 0.571. The molecule has 0 aromatic carbocycles. The first-order valence-electron chi connectivity index (χ1n) is 7.50. The van der Waals surface area contributed by atoms with Crippen LogP contribution < -0.4 is 4.72 Å². The van der Waals surface area contributed by atoms with Crippen LogP contribution in [0.5, 0.6) is 0 Å². The summed E-state index contributed by atoms with van der Waals surface area (Å²) in [5.41, 5.74) is 0.522. The Labute approximate surface area is 131 Å². The van der Waals surface area contributed by atoms with Crippen molar-refractivity contribution >= 4 is 10.0 Å². The highest BCUT2D eigenvalue weighted by atomic mass is 32.2. The Bertz CT molecular complexity index is 691. The SMILES string of the molecule is CCC(CCNS(=O)(=O)c1cn(CC)nc1C)n1cccn1. The topological polar surface area (TPSA) is 81.8 Å². The molecule has 0 amide bonds. The van der Waals surface area contributed by atoms with Gasteiger partial charge in [-0.05, 0) is 32.8 Å². The van der Waals surface area contributed by atoms with Crippen LogP contribution in [-0.4, -0.2) is 34.5 Å². The Balaban J connectivity index is 1.99. The molecule has 2 aromatic heterocycles. The van der Waals surface area contributed by atoms with E-state index in [1.807, 2.05) is 23.9 Å². The van der Waals surface area contributed by atoms with E-state index in [4.69, 9.17) is 0 Å². The van der Waals surface area contributed by atoms with E-state index in [2.05, 4.69) is 21.8 Å². The first-order valence-corrected chi connectivity index (χ1v) is 8.99. The van der Waals surface area contributed by atoms with Gasteiger partial charge in [0.2, 0.25) is 10.0 Å². The highest BCUT2D eigenvalue weighted by Crippen LogP contribution is 2.16. The summed E-state index contributed by atoms with van der Waals surface area (Å²) in [6.45, 7) is 6.72. The number of hydrogen-bond donors (Lipinski definition) is 1. The Morgan fingerprint density at radius 2 is 2.14 bits per heavy atom. The number of rotatable bonds is 8. The molecule has 22 heavy (non-hydrogen) atoms. The van der Waals surface area contributed by atoms with Crippen molar-refractivity contribution in [3.8, 4) is 0 Å². The van der Waals surface area contributed by atoms with Crippen molar-refractivity contribution in [1.29, 1.82) is 0 Å². The quantitative estimate of drug-likeness (QED) is 0.801. The van der Waals surface area contributed by atoms with Crippen molar-refractivity contribution < 1.29 is 8.42 Å². The van der Waals surface area contributed by atoms with Gasteiger partial charge in [-0.2, -0.15) is 10.2 Å². The van der Waals surface area contributed by atoms with E-state index in [1.54, 1.807) is 24.0 Å². The first kappa shape index (κ1) is 16.7. The van der Waals surface area contributed by atoms with E-state index in [9.17, 15) is 8.42 Å². The molecule has 2 heterocycles. The van der Waals surface area contributed by atoms with Gasteiger partial charge in [-0.3, -0.25) is 9.36 Å². The van der Waals surface area contributed by atoms with Crippen LogP contribution in [0.1, 0.15) is 38.4 Å². The van der Waals surface area contributed by atoms with E-state index in [0.717, 1.165) is 6.42 Å². The molecule has 0 spiro atoms. The van der Waals surface area contributed by atoms with Gasteiger partial charge in [-0.15, -0.1) is 0 Å². The summed E-state index contributed by atoms with van der Waals surface area (Å²) >= 11 is 0. The molecule has 122 valence electrons. The number of nitrogens with one attached hydrogen (secondary N) is 1. The van der Waals surface area contributed by atoms with Crippen molar-refractivity contribution in [1.82, 2.24) is 24.3 Å². The summed E-state index contributed by atoms with van der Waals surface area (Å²) in [6.07, 6.45) is 6.80. The molecule has 2 rings (SSSR count). The van der Waals surface area contributed by atoms with Gasteiger partial charge >= 0.3 is 0 Å². The summed E-state index contributed by atoms with van der Waals surface area (Å²) in [7, 11) is -3.52. The Hall–Kier alpha value is -1.67. The van der Waals surface area contributed by atoms with Crippen LogP contribution in [0.25, 0.3) is 0 Å². The summed E-state index contributed by atoms with van der Waals surface area (Å²) in [5, 5.41) is 8.39. The minimum Gasteiger partial charge on any atom is -0.271 e. The van der Waals surface area contributed by atoms with Crippen LogP contribution in [0.15, 0.2) is 29.6 Å². The number of sulfonamides is 1. The molecule has 0 aliphatic heterocycles. The fourth-order valence-corrected chi connectivity index (χ4v) is 3.62. The van der Waals surface area contributed by atoms with Crippen molar-refractivity contribution in [2.24, 2.45) is 0 Å². The van der Waals surface area contributed by atoms with E-state index in [0.29, 0.717) is 25.2 Å². The maximum Gasteiger partial charge on any atom is 0.243 e. The van der Waals surface area contributed by atoms with Gasteiger partial charge in [0, 0.05) is 31.7 Å². The fourth-order valence-electron chi connectivity index (χ4n) is 2.38. The third kappa shape index (κ3) is 3.75. The van der Waals surface area contributed by atoms with Crippen LogP contribution in [0.3, 0.4) is 0 Å². The standard InChI is InChI=1S/C14H23N5O2S/c1-4-13(19-10-6-8-15-19)7-9-16-22(20,21)14-11-18(5-2)17-12(14)3/h6,8,10-11,13,16H,4-5,7,9H2,1-3H3. The first-order chi connectivity index (χ1) is 10.5. The maximum atomic E-state index is 12.4. The molecule has 1 N–H and O–H groups in total. The summed E-state index contributed by atoms with van der Waals surface area (Å²) < 4.78 is 30.9. The van der Waals surface area contributed by atoms with Crippen molar-refractivity contribution in [2.45, 2.75) is 51.1 Å². The predicted molar refractivity (Wildman–Crippen MR) is 84.0 cm³/mol. The molecule has 0 radical (unpaired) electrons. The number of aryl methyl sites for hydroxylation is 2. The second kappa shape index (κ2) is 7.06. The second-order valence-electron chi connectivity index (χ2n) is 5.17. The van der Waals surface area contributed by atoms with E-state index < -0.39 is 10.0 Å². The zero-order valence-corrected chi connectivity index (χ0v) is 14.0. The molecule has 1 atom stereocenters. The molecule has 0 aliphatic carbocycles. The smallest absolute Gasteiger partial charge is 0.243 e. The molecular formula is C14H23N5O2S. The van der Waals surface area contributed by atoms with E-state index in [-0.39, 0.29) is 10.9 Å². The normalized spacial score (nSPS) is 13.4. The predicted octanol–water partition coefficient (Wildman–Crippen LogP) is 1.73. The minimum absolute atomic E-state index is 0.192. The van der Waals surface area contributed by atoms with Crippen molar-refractivity contribution in [3.05, 3.63) is 30.4 Å². The Kier molecular flexibility index (Phi) is 5.36. The van der Waals surface area contributed by atoms with Crippen molar-refractivity contribution in [3.63, 3.8) is 0 Å². The number of hydrogen-bond acceptors (Lipinski definition) is 4. The molecule has 0 saturated heterocycles. The zero-order chi connectivity index (χ0) is 16.2. The molecule has 0 fully saturated rings. The molecule has 1 unspecified atom stereocenters. The van der Waals surface area contributed by atoms with Crippen LogP contribution in [0, 0.1) is 6.92 Å². The Morgan fingerprint density at radius 3 is 2.68 bits per heavy atom. The van der Waals surface area contributed by atoms with Gasteiger partial charge < -0.3 is 0 Å². The zero-order valence-electron chi connectivity index (χ0n) is 13.2. The van der Waals surface area contributed by atoms with Gasteiger partial charge in [-0.25, -0.2) is 13.1 Å². The summed E-state index contributed by atoms with van der Waals surface area (Å²) in [6, 6.07) is 2.06. The third-order valence-corrected chi connectivity index (χ3v) is 5.22. The second-order valence-corrected chi connectivity index (χ2v) is 6.90. The van der Waals surface area contributed by atoms with Gasteiger partial charge in [0.1, 0.15) is 4.90 Å². The van der Waals surface area contributed by atoms with Crippen LogP contribution in [0.4, 0.5) is 0 Å². The van der Waals surface area contributed by atoms with Gasteiger partial charge in [0.05, 0.1) is 11.7 Å². The maximum absolute atomic E-state index is 12.4. The monoisotopic (exact) mass is 325 g/mol. The van der Waals surface area contributed by atoms with Gasteiger partial charge in [0.15, 0.2) is 0 Å². The minimum atomic E-state index is -3.52. The molecule has 0 aliphatic rings. The molecule has 2 aromatic rings. The van der Waals surface area contributed by atoms with Crippen LogP contribution in [0.2, 0.25) is 0 Å². The highest BCUT2D eigenvalue weighted by molar-refractivity contribution is 7.89.